The molecule has 3 rings (SSSR count). The van der Waals surface area contributed by atoms with E-state index in [2.05, 4.69) is 29.6 Å². The van der Waals surface area contributed by atoms with Crippen molar-refractivity contribution in [3.8, 4) is 0 Å². The number of anilines is 1. The molecule has 0 spiro atoms. The van der Waals surface area contributed by atoms with Crippen LogP contribution in [0.25, 0.3) is 0 Å². The molecule has 0 aromatic heterocycles. The van der Waals surface area contributed by atoms with E-state index in [1.54, 1.807) is 18.2 Å². The predicted octanol–water partition coefficient (Wildman–Crippen LogP) is 5.09. The van der Waals surface area contributed by atoms with Gasteiger partial charge in [-0.1, -0.05) is 36.4 Å². The molecule has 1 amide bonds. The summed E-state index contributed by atoms with van der Waals surface area (Å²) in [4.78, 5) is 12.5. The molecule has 0 heterocycles. The van der Waals surface area contributed by atoms with Gasteiger partial charge in [-0.15, -0.1) is 0 Å². The van der Waals surface area contributed by atoms with Gasteiger partial charge in [0.25, 0.3) is 0 Å². The minimum Gasteiger partial charge on any atom is -0.323 e. The molecule has 0 radical (unpaired) electrons. The van der Waals surface area contributed by atoms with Gasteiger partial charge in [0.15, 0.2) is 0 Å². The molecule has 2 aliphatic rings. The van der Waals surface area contributed by atoms with Gasteiger partial charge in [0.05, 0.1) is 5.69 Å². The first-order valence-electron chi connectivity index (χ1n) is 8.63. The van der Waals surface area contributed by atoms with Crippen molar-refractivity contribution in [1.82, 2.24) is 0 Å². The summed E-state index contributed by atoms with van der Waals surface area (Å²) in [5, 5.41) is 2.78. The van der Waals surface area contributed by atoms with E-state index in [0.717, 1.165) is 38.5 Å². The van der Waals surface area contributed by atoms with Crippen LogP contribution in [-0.4, -0.2) is 5.91 Å². The fourth-order valence-electron chi connectivity index (χ4n) is 3.64. The Hall–Kier alpha value is -1.90. The van der Waals surface area contributed by atoms with E-state index in [-0.39, 0.29) is 17.6 Å². The molecule has 3 heteroatoms. The maximum Gasteiger partial charge on any atom is 0.228 e. The summed E-state index contributed by atoms with van der Waals surface area (Å²) in [6.45, 7) is 0. The SMILES string of the molecule is O=C(Nc1ccccc1F)C1[C@@H]2CC/C=C\CC/C=C\CC[C@@H]12. The van der Waals surface area contributed by atoms with Crippen molar-refractivity contribution in [2.75, 3.05) is 5.32 Å². The molecule has 0 bridgehead atoms. The van der Waals surface area contributed by atoms with Gasteiger partial charge < -0.3 is 5.32 Å². The number of benzene rings is 1. The number of halogens is 1. The summed E-state index contributed by atoms with van der Waals surface area (Å²) >= 11 is 0. The second-order valence-corrected chi connectivity index (χ2v) is 6.50. The average molecular weight is 313 g/mol. The van der Waals surface area contributed by atoms with Crippen LogP contribution >= 0.6 is 0 Å². The molecule has 0 unspecified atom stereocenters. The fourth-order valence-corrected chi connectivity index (χ4v) is 3.64. The monoisotopic (exact) mass is 313 g/mol. The second kappa shape index (κ2) is 7.58. The molecule has 0 saturated heterocycles. The first-order chi connectivity index (χ1) is 11.3. The summed E-state index contributed by atoms with van der Waals surface area (Å²) in [5.74, 6) is 0.537. The number of nitrogens with one attached hydrogen (secondary N) is 1. The number of amides is 1. The molecule has 23 heavy (non-hydrogen) atoms. The first-order valence-corrected chi connectivity index (χ1v) is 8.63. The Morgan fingerprint density at radius 3 is 2.09 bits per heavy atom. The summed E-state index contributed by atoms with van der Waals surface area (Å²) < 4.78 is 13.7. The molecule has 1 aromatic rings. The van der Waals surface area contributed by atoms with Crippen molar-refractivity contribution in [2.45, 2.75) is 38.5 Å². The quantitative estimate of drug-likeness (QED) is 0.757. The lowest BCUT2D eigenvalue weighted by Gasteiger charge is -2.05. The van der Waals surface area contributed by atoms with E-state index in [4.69, 9.17) is 0 Å². The zero-order valence-electron chi connectivity index (χ0n) is 13.4. The molecule has 0 aliphatic heterocycles. The third kappa shape index (κ3) is 4.10. The highest BCUT2D eigenvalue weighted by Crippen LogP contribution is 2.52. The van der Waals surface area contributed by atoms with Gasteiger partial charge in [-0.2, -0.15) is 0 Å². The van der Waals surface area contributed by atoms with Gasteiger partial charge in [0, 0.05) is 5.92 Å². The number of hydrogen-bond donors (Lipinski definition) is 1. The summed E-state index contributed by atoms with van der Waals surface area (Å²) in [6, 6.07) is 6.37. The van der Waals surface area contributed by atoms with Crippen LogP contribution in [0.5, 0.6) is 0 Å². The van der Waals surface area contributed by atoms with Gasteiger partial charge in [0.2, 0.25) is 5.91 Å². The smallest absolute Gasteiger partial charge is 0.228 e. The van der Waals surface area contributed by atoms with E-state index in [1.165, 1.54) is 6.07 Å². The molecule has 2 aliphatic carbocycles. The van der Waals surface area contributed by atoms with Gasteiger partial charge in [-0.3, -0.25) is 4.79 Å². The van der Waals surface area contributed by atoms with Gasteiger partial charge in [0.1, 0.15) is 5.82 Å². The van der Waals surface area contributed by atoms with E-state index >= 15 is 0 Å². The molecule has 1 fully saturated rings. The fraction of sp³-hybridized carbons (Fsp3) is 0.450. The molecule has 1 saturated carbocycles. The van der Waals surface area contributed by atoms with Crippen LogP contribution in [-0.2, 0) is 4.79 Å². The van der Waals surface area contributed by atoms with E-state index in [9.17, 15) is 9.18 Å². The number of carbonyl (C=O) groups is 1. The minimum atomic E-state index is -0.369. The number of allylic oxidation sites excluding steroid dienone is 4. The lowest BCUT2D eigenvalue weighted by molar-refractivity contribution is -0.117. The molecular weight excluding hydrogens is 289 g/mol. The Morgan fingerprint density at radius 1 is 0.913 bits per heavy atom. The van der Waals surface area contributed by atoms with E-state index in [0.29, 0.717) is 17.5 Å². The molecule has 1 aromatic carbocycles. The highest BCUT2D eigenvalue weighted by molar-refractivity contribution is 5.95. The topological polar surface area (TPSA) is 29.1 Å². The largest absolute Gasteiger partial charge is 0.323 e. The summed E-state index contributed by atoms with van der Waals surface area (Å²) in [7, 11) is 0. The molecule has 122 valence electrons. The van der Waals surface area contributed by atoms with Crippen molar-refractivity contribution in [1.29, 1.82) is 0 Å². The van der Waals surface area contributed by atoms with Crippen molar-refractivity contribution in [3.63, 3.8) is 0 Å². The second-order valence-electron chi connectivity index (χ2n) is 6.50. The van der Waals surface area contributed by atoms with Crippen LogP contribution in [0.1, 0.15) is 38.5 Å². The van der Waals surface area contributed by atoms with Crippen LogP contribution in [0.4, 0.5) is 10.1 Å². The Kier molecular flexibility index (Phi) is 5.27. The van der Waals surface area contributed by atoms with Gasteiger partial charge in [-0.25, -0.2) is 4.39 Å². The van der Waals surface area contributed by atoms with E-state index < -0.39 is 0 Å². The molecule has 1 N–H and O–H groups in total. The van der Waals surface area contributed by atoms with Crippen LogP contribution in [0.2, 0.25) is 0 Å². The van der Waals surface area contributed by atoms with Crippen molar-refractivity contribution >= 4 is 11.6 Å². The standard InChI is InChI=1S/C20H24FNO/c21-17-13-9-10-14-18(17)22-20(23)19-15-11-7-5-3-1-2-4-6-8-12-16(15)19/h3-6,9-10,13-16,19H,1-2,7-8,11-12H2,(H,22,23)/b5-3-,6-4-/t15-,16-/m1/s1. The number of rotatable bonds is 2. The van der Waals surface area contributed by atoms with Crippen molar-refractivity contribution in [3.05, 3.63) is 54.4 Å². The normalized spacial score (nSPS) is 30.2. The maximum atomic E-state index is 13.7. The van der Waals surface area contributed by atoms with Crippen LogP contribution < -0.4 is 5.32 Å². The minimum absolute atomic E-state index is 0.0204. The average Bonchev–Trinajstić information content (AvgIpc) is 3.22. The zero-order valence-corrected chi connectivity index (χ0v) is 13.4. The van der Waals surface area contributed by atoms with Gasteiger partial charge in [-0.05, 0) is 62.5 Å². The number of fused-ring (bicyclic) bond motifs is 1. The van der Waals surface area contributed by atoms with Crippen LogP contribution in [0.3, 0.4) is 0 Å². The van der Waals surface area contributed by atoms with Crippen molar-refractivity contribution in [2.24, 2.45) is 17.8 Å². The van der Waals surface area contributed by atoms with E-state index in [1.807, 2.05) is 0 Å². The molecular formula is C20H24FNO. The first kappa shape index (κ1) is 16.0. The maximum absolute atomic E-state index is 13.7. The lowest BCUT2D eigenvalue weighted by Crippen LogP contribution is -2.16. The molecule has 2 atom stereocenters. The van der Waals surface area contributed by atoms with Gasteiger partial charge >= 0.3 is 0 Å². The summed E-state index contributed by atoms with van der Waals surface area (Å²) in [5.41, 5.74) is 0.291. The Labute approximate surface area is 137 Å². The van der Waals surface area contributed by atoms with Crippen molar-refractivity contribution < 1.29 is 9.18 Å². The third-order valence-electron chi connectivity index (χ3n) is 4.93. The number of hydrogen-bond acceptors (Lipinski definition) is 1. The summed E-state index contributed by atoms with van der Waals surface area (Å²) in [6.07, 6.45) is 15.3. The predicted molar refractivity (Wildman–Crippen MR) is 91.5 cm³/mol. The number of carbonyl (C=O) groups excluding carboxylic acids is 1. The van der Waals surface area contributed by atoms with Crippen LogP contribution in [0, 0.1) is 23.6 Å². The lowest BCUT2D eigenvalue weighted by atomic mass is 10.1. The Balaban J connectivity index is 1.63. The zero-order chi connectivity index (χ0) is 16.1. The van der Waals surface area contributed by atoms with Crippen LogP contribution in [0.15, 0.2) is 48.6 Å². The Morgan fingerprint density at radius 2 is 1.48 bits per heavy atom. The number of para-hydroxylation sites is 1. The third-order valence-corrected chi connectivity index (χ3v) is 4.93. The highest BCUT2D eigenvalue weighted by Gasteiger charge is 2.52. The Bertz CT molecular complexity index is 583. The highest BCUT2D eigenvalue weighted by atomic mass is 19.1. The molecule has 2 nitrogen and oxygen atoms in total.